The number of halogens is 1. The first-order chi connectivity index (χ1) is 14.2. The number of nitrogens with one attached hydrogen (secondary N) is 2. The van der Waals surface area contributed by atoms with Crippen LogP contribution in [0.5, 0.6) is 5.75 Å². The summed E-state index contributed by atoms with van der Waals surface area (Å²) in [5.41, 5.74) is 2.22. The number of amides is 1. The van der Waals surface area contributed by atoms with E-state index in [0.29, 0.717) is 19.4 Å². The molecule has 2 heterocycles. The topological polar surface area (TPSA) is 68.2 Å². The molecule has 1 aromatic heterocycles. The molecule has 0 saturated carbocycles. The number of aryl methyl sites for hydroxylation is 1. The molecular weight excluding hydrogens is 400 g/mol. The fourth-order valence-corrected chi connectivity index (χ4v) is 3.77. The first kappa shape index (κ1) is 21.9. The second-order valence-electron chi connectivity index (χ2n) is 7.44. The van der Waals surface area contributed by atoms with Crippen LogP contribution >= 0.6 is 12.4 Å². The van der Waals surface area contributed by atoms with Crippen molar-refractivity contribution in [3.8, 4) is 5.75 Å². The number of benzene rings is 2. The molecule has 2 aromatic carbocycles. The van der Waals surface area contributed by atoms with E-state index in [9.17, 15) is 4.79 Å². The second-order valence-corrected chi connectivity index (χ2v) is 7.44. The summed E-state index contributed by atoms with van der Waals surface area (Å²) in [6, 6.07) is 17.7. The Hall–Kier alpha value is -2.83. The molecule has 3 aromatic rings. The highest BCUT2D eigenvalue weighted by molar-refractivity contribution is 5.97. The number of rotatable bonds is 6. The van der Waals surface area contributed by atoms with Gasteiger partial charge in [0, 0.05) is 18.1 Å². The Morgan fingerprint density at radius 2 is 1.93 bits per heavy atom. The van der Waals surface area contributed by atoms with E-state index in [-0.39, 0.29) is 18.3 Å². The number of hydrogen-bond donors (Lipinski definition) is 2. The maximum absolute atomic E-state index is 13.3. The van der Waals surface area contributed by atoms with Crippen molar-refractivity contribution in [2.45, 2.75) is 31.9 Å². The minimum atomic E-state index is -0.663. The third-order valence-corrected chi connectivity index (χ3v) is 5.49. The molecule has 158 valence electrons. The zero-order valence-corrected chi connectivity index (χ0v) is 17.8. The van der Waals surface area contributed by atoms with Crippen LogP contribution in [0.15, 0.2) is 67.0 Å². The molecule has 2 N–H and O–H groups in total. The second kappa shape index (κ2) is 9.78. The lowest BCUT2D eigenvalue weighted by Crippen LogP contribution is -2.52. The van der Waals surface area contributed by atoms with Crippen molar-refractivity contribution in [1.29, 1.82) is 0 Å². The number of carbonyl (C=O) groups excluding carboxylic acids is 1. The van der Waals surface area contributed by atoms with Crippen molar-refractivity contribution in [3.63, 3.8) is 0 Å². The van der Waals surface area contributed by atoms with Gasteiger partial charge in [-0.3, -0.25) is 9.48 Å². The van der Waals surface area contributed by atoms with Crippen LogP contribution in [0, 0.1) is 6.92 Å². The summed E-state index contributed by atoms with van der Waals surface area (Å²) in [6.07, 6.45) is 5.01. The van der Waals surface area contributed by atoms with Gasteiger partial charge >= 0.3 is 0 Å². The molecule has 4 rings (SSSR count). The average Bonchev–Trinajstić information content (AvgIpc) is 3.31. The molecule has 1 aliphatic heterocycles. The highest BCUT2D eigenvalue weighted by Crippen LogP contribution is 2.30. The van der Waals surface area contributed by atoms with Crippen LogP contribution in [0.25, 0.3) is 0 Å². The first-order valence-corrected chi connectivity index (χ1v) is 9.97. The summed E-state index contributed by atoms with van der Waals surface area (Å²) in [5.74, 6) is 0.761. The number of nitrogens with zero attached hydrogens (tertiary/aromatic N) is 2. The van der Waals surface area contributed by atoms with Crippen molar-refractivity contribution in [3.05, 3.63) is 78.1 Å². The number of piperidine rings is 1. The van der Waals surface area contributed by atoms with Gasteiger partial charge in [0.05, 0.1) is 0 Å². The lowest BCUT2D eigenvalue weighted by molar-refractivity contribution is -0.126. The van der Waals surface area contributed by atoms with E-state index in [1.165, 1.54) is 0 Å². The lowest BCUT2D eigenvalue weighted by atomic mass is 9.87. The largest absolute Gasteiger partial charge is 0.489 e. The van der Waals surface area contributed by atoms with Gasteiger partial charge in [-0.2, -0.15) is 5.10 Å². The zero-order chi connectivity index (χ0) is 20.1. The van der Waals surface area contributed by atoms with Crippen LogP contribution in [0.2, 0.25) is 0 Å². The molecule has 1 amide bonds. The van der Waals surface area contributed by atoms with Crippen LogP contribution in [-0.4, -0.2) is 28.8 Å². The monoisotopic (exact) mass is 426 g/mol. The maximum atomic E-state index is 13.3. The molecule has 6 nitrogen and oxygen atoms in total. The van der Waals surface area contributed by atoms with Gasteiger partial charge in [0.1, 0.15) is 17.9 Å². The van der Waals surface area contributed by atoms with Crippen molar-refractivity contribution in [2.75, 3.05) is 18.4 Å². The van der Waals surface area contributed by atoms with Crippen molar-refractivity contribution < 1.29 is 9.53 Å². The Labute approximate surface area is 183 Å². The SMILES string of the molecule is Cc1cc(OCc2ccccc2)ccc1NC(=O)C1(n2cccn2)CCNCC1.Cl. The molecule has 1 saturated heterocycles. The lowest BCUT2D eigenvalue weighted by Gasteiger charge is -2.36. The molecule has 0 radical (unpaired) electrons. The molecule has 7 heteroatoms. The minimum Gasteiger partial charge on any atom is -0.489 e. The molecule has 1 aliphatic rings. The number of aromatic nitrogens is 2. The van der Waals surface area contributed by atoms with Crippen LogP contribution in [0.3, 0.4) is 0 Å². The number of hydrogen-bond acceptors (Lipinski definition) is 4. The van der Waals surface area contributed by atoms with Gasteiger partial charge in [-0.1, -0.05) is 30.3 Å². The molecule has 0 unspecified atom stereocenters. The molecule has 0 bridgehead atoms. The van der Waals surface area contributed by atoms with E-state index in [1.807, 2.05) is 67.7 Å². The van der Waals surface area contributed by atoms with E-state index < -0.39 is 5.54 Å². The van der Waals surface area contributed by atoms with E-state index in [4.69, 9.17) is 4.74 Å². The minimum absolute atomic E-state index is 0. The summed E-state index contributed by atoms with van der Waals surface area (Å²) in [5, 5.41) is 10.8. The third kappa shape index (κ3) is 4.66. The van der Waals surface area contributed by atoms with Crippen LogP contribution in [0.4, 0.5) is 5.69 Å². The summed E-state index contributed by atoms with van der Waals surface area (Å²) in [6.45, 7) is 4.08. The van der Waals surface area contributed by atoms with Gasteiger partial charge < -0.3 is 15.4 Å². The molecule has 0 aliphatic carbocycles. The predicted octanol–water partition coefficient (Wildman–Crippen LogP) is 3.91. The fourth-order valence-electron chi connectivity index (χ4n) is 3.77. The number of ether oxygens (including phenoxy) is 1. The molecule has 1 fully saturated rings. The molecule has 0 spiro atoms. The standard InChI is InChI=1S/C23H26N4O2.ClH/c1-18-16-20(29-17-19-6-3-2-4-7-19)8-9-21(18)26-22(28)23(10-13-24-14-11-23)27-15-5-12-25-27;/h2-9,12,15-16,24H,10-11,13-14,17H2,1H3,(H,26,28);1H. The molecule has 0 atom stereocenters. The molecule has 30 heavy (non-hydrogen) atoms. The summed E-state index contributed by atoms with van der Waals surface area (Å²) < 4.78 is 7.69. The zero-order valence-electron chi connectivity index (χ0n) is 17.0. The van der Waals surface area contributed by atoms with Crippen LogP contribution in [0.1, 0.15) is 24.0 Å². The highest BCUT2D eigenvalue weighted by Gasteiger charge is 2.42. The van der Waals surface area contributed by atoms with E-state index >= 15 is 0 Å². The van der Waals surface area contributed by atoms with E-state index in [2.05, 4.69) is 15.7 Å². The Kier molecular flexibility index (Phi) is 7.13. The van der Waals surface area contributed by atoms with Gasteiger partial charge in [-0.05, 0) is 68.2 Å². The summed E-state index contributed by atoms with van der Waals surface area (Å²) in [7, 11) is 0. The van der Waals surface area contributed by atoms with Gasteiger partial charge in [-0.25, -0.2) is 0 Å². The number of anilines is 1. The van der Waals surface area contributed by atoms with Crippen molar-refractivity contribution in [2.24, 2.45) is 0 Å². The predicted molar refractivity (Wildman–Crippen MR) is 120 cm³/mol. The van der Waals surface area contributed by atoms with E-state index in [0.717, 1.165) is 35.7 Å². The van der Waals surface area contributed by atoms with E-state index in [1.54, 1.807) is 10.9 Å². The summed E-state index contributed by atoms with van der Waals surface area (Å²) in [4.78, 5) is 13.3. The van der Waals surface area contributed by atoms with Gasteiger partial charge in [0.25, 0.3) is 5.91 Å². The third-order valence-electron chi connectivity index (χ3n) is 5.49. The normalized spacial score (nSPS) is 15.1. The Morgan fingerprint density at radius 1 is 1.17 bits per heavy atom. The Bertz CT molecular complexity index is 955. The smallest absolute Gasteiger partial charge is 0.252 e. The Balaban J connectivity index is 0.00000256. The van der Waals surface area contributed by atoms with Gasteiger partial charge in [0.15, 0.2) is 0 Å². The summed E-state index contributed by atoms with van der Waals surface area (Å²) >= 11 is 0. The fraction of sp³-hybridized carbons (Fsp3) is 0.304. The van der Waals surface area contributed by atoms with Gasteiger partial charge in [-0.15, -0.1) is 12.4 Å². The quantitative estimate of drug-likeness (QED) is 0.627. The van der Waals surface area contributed by atoms with Crippen molar-refractivity contribution >= 4 is 24.0 Å². The maximum Gasteiger partial charge on any atom is 0.252 e. The highest BCUT2D eigenvalue weighted by atomic mass is 35.5. The number of carbonyl (C=O) groups is 1. The first-order valence-electron chi connectivity index (χ1n) is 9.97. The van der Waals surface area contributed by atoms with Gasteiger partial charge in [0.2, 0.25) is 0 Å². The Morgan fingerprint density at radius 3 is 2.60 bits per heavy atom. The van der Waals surface area contributed by atoms with Crippen LogP contribution < -0.4 is 15.4 Å². The van der Waals surface area contributed by atoms with Crippen molar-refractivity contribution in [1.82, 2.24) is 15.1 Å². The van der Waals surface area contributed by atoms with Crippen LogP contribution in [-0.2, 0) is 16.9 Å². The average molecular weight is 427 g/mol. The molecular formula is C23H27ClN4O2.